The van der Waals surface area contributed by atoms with Gasteiger partial charge in [0.2, 0.25) is 0 Å². The minimum Gasteiger partial charge on any atom is -0.748 e. The Bertz CT molecular complexity index is 900. The molecule has 0 aliphatic rings. The third-order valence-corrected chi connectivity index (χ3v) is 10.9. The fourth-order valence-corrected chi connectivity index (χ4v) is 7.05. The molecule has 0 aromatic rings. The van der Waals surface area contributed by atoms with Crippen LogP contribution in [-0.4, -0.2) is 103 Å². The van der Waals surface area contributed by atoms with E-state index in [1.807, 2.05) is 0 Å². The van der Waals surface area contributed by atoms with Crippen LogP contribution in [0.1, 0.15) is 181 Å². The zero-order valence-electron chi connectivity index (χ0n) is 35.9. The predicted octanol–water partition coefficient (Wildman–Crippen LogP) is 3.09. The van der Waals surface area contributed by atoms with Crippen molar-refractivity contribution in [1.82, 2.24) is 0 Å². The zero-order chi connectivity index (χ0) is 39.1. The summed E-state index contributed by atoms with van der Waals surface area (Å²) in [6.07, 6.45) is 29.5. The van der Waals surface area contributed by atoms with E-state index in [4.69, 9.17) is 23.7 Å². The smallest absolute Gasteiger partial charge is 0.748 e. The van der Waals surface area contributed by atoms with E-state index >= 15 is 0 Å². The minimum absolute atomic E-state index is 0. The van der Waals surface area contributed by atoms with Crippen molar-refractivity contribution in [2.75, 3.05) is 64.4 Å². The second-order valence-electron chi connectivity index (χ2n) is 14.7. The van der Waals surface area contributed by atoms with Gasteiger partial charge in [-0.25, -0.2) is 16.8 Å². The quantitative estimate of drug-likeness (QED) is 0.0504. The Morgan fingerprint density at radius 2 is 0.618 bits per heavy atom. The molecule has 2 unspecified atom stereocenters. The van der Waals surface area contributed by atoms with Gasteiger partial charge in [-0.3, -0.25) is 0 Å². The molecule has 0 aromatic heterocycles. The monoisotopic (exact) mass is 846 g/mol. The maximum atomic E-state index is 11.0. The van der Waals surface area contributed by atoms with Gasteiger partial charge in [-0.2, -0.15) is 0 Å². The molecule has 0 saturated carbocycles. The number of hydrogen-bond acceptors (Lipinski definition) is 11. The fourth-order valence-electron chi connectivity index (χ4n) is 6.11. The van der Waals surface area contributed by atoms with Crippen LogP contribution in [0.25, 0.3) is 0 Å². The van der Waals surface area contributed by atoms with Crippen molar-refractivity contribution in [2.24, 2.45) is 0 Å². The van der Waals surface area contributed by atoms with E-state index in [-0.39, 0.29) is 112 Å². The first-order valence-corrected chi connectivity index (χ1v) is 24.6. The summed E-state index contributed by atoms with van der Waals surface area (Å²) in [7, 11) is -8.64. The molecule has 2 atom stereocenters. The second-order valence-corrected chi connectivity index (χ2v) is 17.7. The Labute approximate surface area is 383 Å². The average molecular weight is 847 g/mol. The van der Waals surface area contributed by atoms with Crippen LogP contribution in [0.15, 0.2) is 0 Å². The summed E-state index contributed by atoms with van der Waals surface area (Å²) in [4.78, 5) is 0. The van der Waals surface area contributed by atoms with Crippen LogP contribution >= 0.6 is 0 Å². The van der Waals surface area contributed by atoms with Crippen molar-refractivity contribution in [3.05, 3.63) is 0 Å². The van der Waals surface area contributed by atoms with Gasteiger partial charge in [-0.15, -0.1) is 0 Å². The summed E-state index contributed by atoms with van der Waals surface area (Å²) < 4.78 is 95.4. The molecule has 0 N–H and O–H groups in total. The predicted molar refractivity (Wildman–Crippen MR) is 212 cm³/mol. The minimum atomic E-state index is -4.32. The summed E-state index contributed by atoms with van der Waals surface area (Å²) in [5.74, 6) is -0.988. The molecule has 0 aliphatic heterocycles. The molecule has 0 bridgehead atoms. The van der Waals surface area contributed by atoms with Crippen LogP contribution in [0.3, 0.4) is 0 Å². The molecule has 11 nitrogen and oxygen atoms in total. The van der Waals surface area contributed by atoms with Crippen molar-refractivity contribution in [3.8, 4) is 0 Å². The number of rotatable bonds is 44. The van der Waals surface area contributed by atoms with E-state index in [1.54, 1.807) is 0 Å². The second kappa shape index (κ2) is 45.2. The third kappa shape index (κ3) is 51.7. The molecule has 55 heavy (non-hydrogen) atoms. The maximum Gasteiger partial charge on any atom is 1.00 e. The van der Waals surface area contributed by atoms with Crippen LogP contribution < -0.4 is 59.1 Å². The van der Waals surface area contributed by atoms with Crippen molar-refractivity contribution in [1.29, 1.82) is 0 Å². The van der Waals surface area contributed by atoms with Crippen molar-refractivity contribution >= 4 is 20.2 Å². The summed E-state index contributed by atoms with van der Waals surface area (Å²) >= 11 is 0. The van der Waals surface area contributed by atoms with Gasteiger partial charge in [0.25, 0.3) is 0 Å². The summed E-state index contributed by atoms with van der Waals surface area (Å²) in [5, 5.41) is 0. The Kier molecular flexibility index (Phi) is 50.0. The Morgan fingerprint density at radius 3 is 0.891 bits per heavy atom. The molecule has 15 heteroatoms. The van der Waals surface area contributed by atoms with Gasteiger partial charge in [0, 0.05) is 37.9 Å². The van der Waals surface area contributed by atoms with Gasteiger partial charge < -0.3 is 32.8 Å². The first kappa shape index (κ1) is 60.9. The summed E-state index contributed by atoms with van der Waals surface area (Å²) in [5.41, 5.74) is 0. The van der Waals surface area contributed by atoms with Crippen molar-refractivity contribution in [2.45, 2.75) is 193 Å². The number of hydrogen-bond donors (Lipinski definition) is 0. The Hall–Kier alpha value is 1.62. The normalized spacial score (nSPS) is 13.0. The van der Waals surface area contributed by atoms with Gasteiger partial charge in [-0.05, 0) is 25.7 Å². The molecule has 0 fully saturated rings. The largest absolute Gasteiger partial charge is 1.00 e. The van der Waals surface area contributed by atoms with E-state index in [0.717, 1.165) is 25.7 Å². The SMILES string of the molecule is CCCCCCCCCCCCCCOCC(COCC(COCCCCCCCCCCCCCC)OCCCS(=O)(=O)[O-])OCCCS(=O)(=O)[O-].[Na+].[Na+]. The van der Waals surface area contributed by atoms with Gasteiger partial charge in [0.1, 0.15) is 12.2 Å². The van der Waals surface area contributed by atoms with Gasteiger partial charge in [0.15, 0.2) is 0 Å². The average Bonchev–Trinajstić information content (AvgIpc) is 3.10. The van der Waals surface area contributed by atoms with Crippen molar-refractivity contribution < 1.29 is 109 Å². The topological polar surface area (TPSA) is 161 Å². The molecule has 0 saturated heterocycles. The van der Waals surface area contributed by atoms with Crippen molar-refractivity contribution in [3.63, 3.8) is 0 Å². The van der Waals surface area contributed by atoms with Crippen LogP contribution in [-0.2, 0) is 43.9 Å². The zero-order valence-corrected chi connectivity index (χ0v) is 41.6. The molecule has 0 aromatic carbocycles. The van der Waals surface area contributed by atoms with E-state index in [1.165, 1.54) is 128 Å². The van der Waals surface area contributed by atoms with Crippen LogP contribution in [0.4, 0.5) is 0 Å². The van der Waals surface area contributed by atoms with Gasteiger partial charge in [-0.1, -0.05) is 155 Å². The number of unbranched alkanes of at least 4 members (excludes halogenated alkanes) is 22. The molecular weight excluding hydrogens is 767 g/mol. The molecule has 0 amide bonds. The van der Waals surface area contributed by atoms with E-state index < -0.39 is 43.9 Å². The van der Waals surface area contributed by atoms with Crippen LogP contribution in [0.2, 0.25) is 0 Å². The van der Waals surface area contributed by atoms with E-state index in [9.17, 15) is 25.9 Å². The molecule has 0 spiro atoms. The molecular formula is C40H80Na2O11S2. The van der Waals surface area contributed by atoms with Gasteiger partial charge in [0.05, 0.1) is 46.7 Å². The molecule has 320 valence electrons. The van der Waals surface area contributed by atoms with E-state index in [0.29, 0.717) is 13.2 Å². The number of ether oxygens (including phenoxy) is 5. The molecule has 0 radical (unpaired) electrons. The first-order valence-electron chi connectivity index (χ1n) is 21.4. The van der Waals surface area contributed by atoms with Crippen LogP contribution in [0.5, 0.6) is 0 Å². The van der Waals surface area contributed by atoms with Crippen LogP contribution in [0, 0.1) is 0 Å². The van der Waals surface area contributed by atoms with Gasteiger partial charge >= 0.3 is 59.1 Å². The van der Waals surface area contributed by atoms with E-state index in [2.05, 4.69) is 13.8 Å². The third-order valence-electron chi connectivity index (χ3n) is 9.28. The molecule has 0 heterocycles. The summed E-state index contributed by atoms with van der Waals surface area (Å²) in [6, 6.07) is 0. The Balaban J connectivity index is -0.0000135. The molecule has 0 aliphatic carbocycles. The molecule has 0 rings (SSSR count). The summed E-state index contributed by atoms with van der Waals surface area (Å²) in [6.45, 7) is 6.71. The maximum absolute atomic E-state index is 11.0. The fraction of sp³-hybridized carbons (Fsp3) is 1.00. The standard InChI is InChI=1S/C40H82O11S2.2Na/c1-3-5-7-9-11-13-15-17-19-21-23-25-29-47-35-39(50-31-27-33-52(41,42)43)37-49-38-40(51-32-28-34-53(44,45)46)36-48-30-26-24-22-20-18-16-14-12-10-8-6-4-2;;/h39-40H,3-38H2,1-2H3,(H,41,42,43)(H,44,45,46);;/q;2*+1/p-2. The Morgan fingerprint density at radius 1 is 0.364 bits per heavy atom. The first-order chi connectivity index (χ1) is 25.6.